The van der Waals surface area contributed by atoms with Gasteiger partial charge in [-0.3, -0.25) is 28.8 Å². The van der Waals surface area contributed by atoms with Crippen LogP contribution in [0.15, 0.2) is 78.5 Å². The van der Waals surface area contributed by atoms with Crippen molar-refractivity contribution in [1.29, 1.82) is 0 Å². The number of nitrogens with one attached hydrogen (secondary N) is 6. The van der Waals surface area contributed by atoms with Crippen LogP contribution in [0.3, 0.4) is 0 Å². The minimum absolute atomic E-state index is 0.00836. The Kier molecular flexibility index (Phi) is 18.0. The minimum Gasteiger partial charge on any atom is -0.494 e. The van der Waals surface area contributed by atoms with E-state index in [-0.39, 0.29) is 30.7 Å². The molecule has 70 heavy (non-hydrogen) atoms. The number of para-hydroxylation sites is 1. The fraction of sp³-hybridized carbons (Fsp3) is 0.449. The molecule has 3 aliphatic rings. The Morgan fingerprint density at radius 2 is 1.67 bits per heavy atom. The van der Waals surface area contributed by atoms with Gasteiger partial charge in [0.15, 0.2) is 11.9 Å². The Labute approximate surface area is 404 Å². The van der Waals surface area contributed by atoms with E-state index >= 15 is 0 Å². The van der Waals surface area contributed by atoms with Gasteiger partial charge in [-0.15, -0.1) is 0 Å². The van der Waals surface area contributed by atoms with Crippen molar-refractivity contribution in [2.75, 3.05) is 47.8 Å². The van der Waals surface area contributed by atoms with Gasteiger partial charge in [0, 0.05) is 49.8 Å². The van der Waals surface area contributed by atoms with Gasteiger partial charge in [-0.25, -0.2) is 4.79 Å². The summed E-state index contributed by atoms with van der Waals surface area (Å²) < 4.78 is 34.4. The predicted octanol–water partition coefficient (Wildman–Crippen LogP) is 1.26. The predicted molar refractivity (Wildman–Crippen MR) is 252 cm³/mol. The van der Waals surface area contributed by atoms with Crippen molar-refractivity contribution in [2.45, 2.75) is 94.8 Å². The van der Waals surface area contributed by atoms with E-state index in [0.29, 0.717) is 23.1 Å². The van der Waals surface area contributed by atoms with Gasteiger partial charge in [-0.2, -0.15) is 0 Å². The number of benzene rings is 2. The Morgan fingerprint density at radius 3 is 2.40 bits per heavy atom. The quantitative estimate of drug-likeness (QED) is 0.0723. The Bertz CT molecular complexity index is 2480. The van der Waals surface area contributed by atoms with Crippen molar-refractivity contribution < 1.29 is 67.1 Å². The number of aliphatic hydroxyl groups excluding tert-OH is 1. The second kappa shape index (κ2) is 24.1. The number of aromatic nitrogens is 1. The highest BCUT2D eigenvalue weighted by Gasteiger charge is 2.50. The first-order chi connectivity index (χ1) is 33.5. The molecule has 21 heteroatoms. The van der Waals surface area contributed by atoms with Crippen molar-refractivity contribution in [3.05, 3.63) is 95.4 Å². The molecular weight excluding hydrogens is 911 g/mol. The van der Waals surface area contributed by atoms with Gasteiger partial charge < -0.3 is 70.0 Å². The van der Waals surface area contributed by atoms with Gasteiger partial charge in [-0.1, -0.05) is 54.6 Å². The highest BCUT2D eigenvalue weighted by atomic mass is 16.8. The summed E-state index contributed by atoms with van der Waals surface area (Å²) in [5.41, 5.74) is 1.90. The van der Waals surface area contributed by atoms with E-state index in [1.54, 1.807) is 38.1 Å². The van der Waals surface area contributed by atoms with Crippen LogP contribution < -0.4 is 31.3 Å². The second-order valence-electron chi connectivity index (χ2n) is 17.3. The lowest BCUT2D eigenvalue weighted by Gasteiger charge is -2.33. The number of aromatic amines is 1. The lowest BCUT2D eigenvalue weighted by molar-refractivity contribution is -0.165. The van der Waals surface area contributed by atoms with Crippen molar-refractivity contribution in [2.24, 2.45) is 0 Å². The largest absolute Gasteiger partial charge is 0.494 e. The summed E-state index contributed by atoms with van der Waals surface area (Å²) in [5.74, 6) is -5.62. The van der Waals surface area contributed by atoms with Gasteiger partial charge in [0.2, 0.25) is 29.5 Å². The maximum absolute atomic E-state index is 14.5. The molecule has 0 radical (unpaired) electrons. The van der Waals surface area contributed by atoms with E-state index in [1.807, 2.05) is 55.5 Å². The molecular formula is C49H61N7O14. The van der Waals surface area contributed by atoms with Crippen LogP contribution >= 0.6 is 0 Å². The van der Waals surface area contributed by atoms with Crippen LogP contribution in [0, 0.1) is 0 Å². The third-order valence-corrected chi connectivity index (χ3v) is 11.5. The lowest BCUT2D eigenvalue weighted by atomic mass is 9.96. The molecule has 3 aliphatic heterocycles. The van der Waals surface area contributed by atoms with Gasteiger partial charge in [0.25, 0.3) is 5.91 Å². The molecule has 6 rings (SSSR count). The maximum atomic E-state index is 14.5. The molecule has 3 aromatic rings. The first-order valence-electron chi connectivity index (χ1n) is 22.8. The minimum atomic E-state index is -1.58. The molecule has 0 unspecified atom stereocenters. The summed E-state index contributed by atoms with van der Waals surface area (Å²) in [5, 5.41) is 25.2. The molecule has 6 amide bonds. The molecule has 7 N–H and O–H groups in total. The van der Waals surface area contributed by atoms with E-state index in [4.69, 9.17) is 28.4 Å². The molecule has 0 saturated carbocycles. The van der Waals surface area contributed by atoms with Crippen LogP contribution in [-0.2, 0) is 58.9 Å². The molecule has 376 valence electrons. The molecule has 2 saturated heterocycles. The highest BCUT2D eigenvalue weighted by Crippen LogP contribution is 2.34. The van der Waals surface area contributed by atoms with Gasteiger partial charge in [0.1, 0.15) is 30.4 Å². The zero-order valence-corrected chi connectivity index (χ0v) is 39.9. The normalized spacial score (nSPS) is 26.0. The number of H-pyrrole nitrogens is 1. The molecule has 4 heterocycles. The zero-order chi connectivity index (χ0) is 50.5. The van der Waals surface area contributed by atoms with Crippen molar-refractivity contribution in [1.82, 2.24) is 36.5 Å². The number of amides is 6. The van der Waals surface area contributed by atoms with Gasteiger partial charge in [0.05, 0.1) is 57.4 Å². The first-order valence-corrected chi connectivity index (χ1v) is 22.8. The summed E-state index contributed by atoms with van der Waals surface area (Å²) >= 11 is 0. The third kappa shape index (κ3) is 13.9. The summed E-state index contributed by atoms with van der Waals surface area (Å²) in [6.45, 7) is 4.32. The smallest absolute Gasteiger partial charge is 0.354 e. The van der Waals surface area contributed by atoms with Crippen LogP contribution in [0.2, 0.25) is 0 Å². The zero-order valence-electron chi connectivity index (χ0n) is 39.9. The Morgan fingerprint density at radius 1 is 0.914 bits per heavy atom. The number of nitrogens with zero attached hydrogens (tertiary/aromatic N) is 1. The Hall–Kier alpha value is -6.91. The average molecular weight is 972 g/mol. The second-order valence-corrected chi connectivity index (χ2v) is 17.3. The number of methoxy groups -OCH3 is 2. The van der Waals surface area contributed by atoms with Crippen molar-refractivity contribution in [3.8, 4) is 5.75 Å². The molecule has 0 aliphatic carbocycles. The number of likely N-dealkylation sites (N-methyl/N-ethyl adjacent to an activating group) is 1. The number of ether oxygens (including phenoxy) is 6. The van der Waals surface area contributed by atoms with Crippen LogP contribution in [0.25, 0.3) is 17.0 Å². The summed E-state index contributed by atoms with van der Waals surface area (Å²) in [6.07, 6.45) is 2.64. The molecule has 1 aromatic heterocycles. The highest BCUT2D eigenvalue weighted by molar-refractivity contribution is 6.00. The van der Waals surface area contributed by atoms with Crippen LogP contribution in [0.4, 0.5) is 0 Å². The number of carbonyl (C=O) groups is 7. The summed E-state index contributed by atoms with van der Waals surface area (Å²) in [6, 6.07) is 10.7. The number of allylic oxidation sites excluding steroid dienone is 2. The van der Waals surface area contributed by atoms with Crippen LogP contribution in [0.1, 0.15) is 61.6 Å². The number of fused-ring (bicyclic) bond motifs is 2. The van der Waals surface area contributed by atoms with Crippen molar-refractivity contribution in [3.63, 3.8) is 0 Å². The van der Waals surface area contributed by atoms with E-state index in [0.717, 1.165) is 22.3 Å². The molecule has 2 aromatic carbocycles. The number of carbonyl (C=O) groups excluding carboxylic acids is 7. The van der Waals surface area contributed by atoms with E-state index in [2.05, 4.69) is 31.6 Å². The SMILES string of the molecule is CCOc1ccc(/C=C/C=C/C[C@@H]2OC(C)(C)O[C@H]2[C@H]2NC(=O)C[C@@H](O)CNC(=O)[C@@H](Cc3c(C(=O)OC)[nH]c4ccccc34)NC(=O)CN(C)C(=O)/C=C3\NC(=O)C[C@H]3NC(=O)[C@H]2OCOC)cc1. The lowest BCUT2D eigenvalue weighted by Crippen LogP contribution is -2.60. The van der Waals surface area contributed by atoms with Crippen LogP contribution in [0.5, 0.6) is 5.75 Å². The van der Waals surface area contributed by atoms with Gasteiger partial charge >= 0.3 is 5.97 Å². The number of hydrogen-bond donors (Lipinski definition) is 7. The monoisotopic (exact) mass is 971 g/mol. The van der Waals surface area contributed by atoms with Crippen LogP contribution in [-0.4, -0.2) is 152 Å². The maximum Gasteiger partial charge on any atom is 0.354 e. The topological polar surface area (TPSA) is 274 Å². The molecule has 2 fully saturated rings. The van der Waals surface area contributed by atoms with E-state index in [1.165, 1.54) is 21.3 Å². The fourth-order valence-corrected chi connectivity index (χ4v) is 8.33. The first kappa shape index (κ1) is 52.5. The summed E-state index contributed by atoms with van der Waals surface area (Å²) in [7, 11) is 3.86. The molecule has 0 bridgehead atoms. The summed E-state index contributed by atoms with van der Waals surface area (Å²) in [4.78, 5) is 99.5. The molecule has 21 nitrogen and oxygen atoms in total. The number of β-amino-alcohol motifs (C(OH)–C–C–N with tert-alkyl or cyclic N) is 1. The Balaban J connectivity index is 1.31. The standard InChI is InChI=1S/C49H61N7O14/c1-7-67-30-19-17-28(18-20-30)13-9-8-10-16-37-44(70-49(2,3)69-37)43-45(68-27-65-5)47(63)54-34-23-39(59)51-35(34)24-41(61)56(4)26-40(60)52-36(46(62)50-25-29(57)21-38(58)55-43)22-32-31-14-11-12-15-33(31)53-42(32)48(64)66-6/h8-15,17-20,24,29,34,36-37,43-45,53,57H,7,16,21-23,25-27H2,1-6H3,(H,50,62)(H,51,59)(H,52,60)(H,54,63)(H,55,58)/b10-8+,13-9+,35-24-/t29-,34-,36-,37+,43-,44-,45+/m1/s1. The fourth-order valence-electron chi connectivity index (χ4n) is 8.33. The molecule has 7 atom stereocenters. The number of esters is 1. The molecule has 0 spiro atoms. The number of aliphatic hydroxyl groups is 1. The van der Waals surface area contributed by atoms with E-state index in [9.17, 15) is 38.7 Å². The number of hydrogen-bond acceptors (Lipinski definition) is 14. The van der Waals surface area contributed by atoms with Gasteiger partial charge in [-0.05, 0) is 56.5 Å². The number of rotatable bonds is 13. The van der Waals surface area contributed by atoms with Crippen molar-refractivity contribution >= 4 is 58.4 Å². The average Bonchev–Trinajstić information content (AvgIpc) is 3.97. The van der Waals surface area contributed by atoms with E-state index < -0.39 is 116 Å². The third-order valence-electron chi connectivity index (χ3n) is 11.5.